The highest BCUT2D eigenvalue weighted by molar-refractivity contribution is 5.61. The number of nitrogens with two attached hydrogens (primary N) is 2. The average Bonchev–Trinajstić information content (AvgIpc) is 2.21. The largest absolute Gasteiger partial charge is 0.529 e. The molecule has 0 spiro atoms. The van der Waals surface area contributed by atoms with Crippen LogP contribution in [-0.4, -0.2) is 35.3 Å². The van der Waals surface area contributed by atoms with Crippen LogP contribution in [0.5, 0.6) is 0 Å². The maximum Gasteiger partial charge on any atom is 0.151 e. The van der Waals surface area contributed by atoms with Crippen molar-refractivity contribution in [1.29, 1.82) is 0 Å². The van der Waals surface area contributed by atoms with E-state index in [2.05, 4.69) is 0 Å². The number of carbonyl (C=O) groups excluding carboxylic acids is 2. The number of unbranched alkanes of at least 4 members (excludes halogenated alkanes) is 3. The van der Waals surface area contributed by atoms with Gasteiger partial charge >= 0.3 is 0 Å². The van der Waals surface area contributed by atoms with Crippen molar-refractivity contribution in [3.05, 3.63) is 0 Å². The Morgan fingerprint density at radius 3 is 1.38 bits per heavy atom. The summed E-state index contributed by atoms with van der Waals surface area (Å²) < 4.78 is 0. The van der Waals surface area contributed by atoms with Crippen LogP contribution >= 0.6 is 0 Å². The maximum atomic E-state index is 10.2. The normalized spacial score (nSPS) is 9.88. The molecule has 0 radical (unpaired) electrons. The fourth-order valence-corrected chi connectivity index (χ4v) is 1.10. The van der Waals surface area contributed by atoms with Crippen LogP contribution in [0.2, 0.25) is 0 Å². The second-order valence-corrected chi connectivity index (χ2v) is 3.33. The van der Waals surface area contributed by atoms with Gasteiger partial charge < -0.3 is 19.8 Å². The molecule has 0 saturated carbocycles. The fraction of sp³-hybridized carbons (Fsp3) is 0.750. The molecule has 0 unspecified atom stereocenters. The molecule has 0 aromatic carbocycles. The summed E-state index contributed by atoms with van der Waals surface area (Å²) in [6.45, 7) is 0.407. The first-order chi connectivity index (χ1) is 7.45. The van der Waals surface area contributed by atoms with E-state index >= 15 is 0 Å². The average molecular weight is 232 g/mol. The van der Waals surface area contributed by atoms with Crippen LogP contribution in [-0.2, 0) is 0 Å². The molecule has 4 N–H and O–H groups in total. The number of carbonyl (C=O) groups is 2. The lowest BCUT2D eigenvalue weighted by Crippen LogP contribution is -2.46. The molecule has 0 aliphatic carbocycles. The van der Waals surface area contributed by atoms with Crippen LogP contribution in [0.1, 0.15) is 25.7 Å². The molecule has 0 aromatic rings. The summed E-state index contributed by atoms with van der Waals surface area (Å²) in [5.74, 6) is 10.2. The topological polar surface area (TPSA) is 139 Å². The number of rotatable bonds is 7. The minimum atomic E-state index is -1.41. The van der Waals surface area contributed by atoms with E-state index in [0.717, 1.165) is 12.8 Å². The predicted molar refractivity (Wildman–Crippen MR) is 51.0 cm³/mol. The zero-order valence-electron chi connectivity index (χ0n) is 8.92. The molecule has 8 nitrogen and oxygen atoms in total. The number of hydrazine groups is 2. The molecule has 0 saturated heterocycles. The van der Waals surface area contributed by atoms with Crippen molar-refractivity contribution in [3.63, 3.8) is 0 Å². The molecular weight excluding hydrogens is 216 g/mol. The van der Waals surface area contributed by atoms with Crippen molar-refractivity contribution in [2.24, 2.45) is 11.7 Å². The third-order valence-corrected chi connectivity index (χ3v) is 2.02. The highest BCUT2D eigenvalue weighted by Gasteiger charge is 1.99. The van der Waals surface area contributed by atoms with E-state index in [1.54, 1.807) is 0 Å². The van der Waals surface area contributed by atoms with Gasteiger partial charge in [0, 0.05) is 13.1 Å². The molecule has 0 aromatic heterocycles. The second kappa shape index (κ2) is 7.71. The van der Waals surface area contributed by atoms with Gasteiger partial charge in [-0.05, 0) is 12.8 Å². The van der Waals surface area contributed by atoms with Gasteiger partial charge in [-0.25, -0.2) is 11.7 Å². The summed E-state index contributed by atoms with van der Waals surface area (Å²) in [7, 11) is 0. The van der Waals surface area contributed by atoms with Crippen LogP contribution < -0.4 is 21.9 Å². The highest BCUT2D eigenvalue weighted by atomic mass is 16.4. The van der Waals surface area contributed by atoms with E-state index in [4.69, 9.17) is 11.7 Å². The fourth-order valence-electron chi connectivity index (χ4n) is 1.10. The SMILES string of the molecule is NN(CCCCCCN(N)C(=O)[O-])C(=O)[O-]. The Morgan fingerprint density at radius 2 is 1.12 bits per heavy atom. The molecule has 0 rings (SSSR count). The van der Waals surface area contributed by atoms with E-state index < -0.39 is 12.2 Å². The van der Waals surface area contributed by atoms with E-state index in [-0.39, 0.29) is 13.1 Å². The van der Waals surface area contributed by atoms with Crippen molar-refractivity contribution >= 4 is 12.2 Å². The van der Waals surface area contributed by atoms with Gasteiger partial charge in [0.25, 0.3) is 0 Å². The minimum Gasteiger partial charge on any atom is -0.529 e. The quantitative estimate of drug-likeness (QED) is 0.217. The summed E-state index contributed by atoms with van der Waals surface area (Å²) in [5, 5.41) is 21.6. The zero-order valence-corrected chi connectivity index (χ0v) is 8.92. The van der Waals surface area contributed by atoms with Gasteiger partial charge in [0.2, 0.25) is 0 Å². The van der Waals surface area contributed by atoms with Crippen LogP contribution in [0.15, 0.2) is 0 Å². The third-order valence-electron chi connectivity index (χ3n) is 2.02. The first-order valence-electron chi connectivity index (χ1n) is 4.91. The van der Waals surface area contributed by atoms with Crippen molar-refractivity contribution in [1.82, 2.24) is 10.0 Å². The van der Waals surface area contributed by atoms with Crippen LogP contribution in [0.3, 0.4) is 0 Å². The summed E-state index contributed by atoms with van der Waals surface area (Å²) in [6, 6.07) is 0. The number of hydrogen-bond donors (Lipinski definition) is 2. The predicted octanol–water partition coefficient (Wildman–Crippen LogP) is -2.42. The summed E-state index contributed by atoms with van der Waals surface area (Å²) in [4.78, 5) is 20.4. The number of carboxylic acid groups (broad SMARTS) is 2. The molecule has 94 valence electrons. The Hall–Kier alpha value is -1.54. The summed E-state index contributed by atoms with van der Waals surface area (Å²) in [5.41, 5.74) is 0. The first kappa shape index (κ1) is 14.5. The lowest BCUT2D eigenvalue weighted by atomic mass is 10.2. The molecular formula is C8H16N4O4-2. The lowest BCUT2D eigenvalue weighted by Gasteiger charge is -2.19. The first-order valence-corrected chi connectivity index (χ1v) is 4.91. The Kier molecular flexibility index (Phi) is 6.97. The molecule has 0 aliphatic heterocycles. The van der Waals surface area contributed by atoms with E-state index in [1.807, 2.05) is 0 Å². The van der Waals surface area contributed by atoms with Crippen molar-refractivity contribution in [2.45, 2.75) is 25.7 Å². The second-order valence-electron chi connectivity index (χ2n) is 3.33. The van der Waals surface area contributed by atoms with Gasteiger partial charge in [-0.2, -0.15) is 0 Å². The summed E-state index contributed by atoms with van der Waals surface area (Å²) in [6.07, 6.45) is -0.153. The van der Waals surface area contributed by atoms with Crippen molar-refractivity contribution in [3.8, 4) is 0 Å². The number of amides is 2. The monoisotopic (exact) mass is 232 g/mol. The molecule has 8 heteroatoms. The van der Waals surface area contributed by atoms with E-state index in [0.29, 0.717) is 22.9 Å². The van der Waals surface area contributed by atoms with Crippen LogP contribution in [0.25, 0.3) is 0 Å². The van der Waals surface area contributed by atoms with Gasteiger partial charge in [-0.15, -0.1) is 0 Å². The number of hydrogen-bond acceptors (Lipinski definition) is 6. The Bertz CT molecular complexity index is 212. The van der Waals surface area contributed by atoms with Crippen LogP contribution in [0.4, 0.5) is 9.59 Å². The molecule has 0 fully saturated rings. The van der Waals surface area contributed by atoms with Gasteiger partial charge in [-0.3, -0.25) is 10.0 Å². The standard InChI is InChI=1S/C8H18N4O4/c9-11(7(13)14)5-3-1-2-4-6-12(10)8(15)16/h1-6,9-10H2,(H,13,14)(H,15,16)/p-2. The van der Waals surface area contributed by atoms with Gasteiger partial charge in [0.05, 0.1) is 0 Å². The smallest absolute Gasteiger partial charge is 0.151 e. The van der Waals surface area contributed by atoms with Crippen LogP contribution in [0, 0.1) is 0 Å². The molecule has 2 amide bonds. The summed E-state index contributed by atoms with van der Waals surface area (Å²) >= 11 is 0. The van der Waals surface area contributed by atoms with E-state index in [1.165, 1.54) is 0 Å². The highest BCUT2D eigenvalue weighted by Crippen LogP contribution is 2.00. The Labute approximate surface area is 93.3 Å². The zero-order chi connectivity index (χ0) is 12.6. The molecule has 0 atom stereocenters. The van der Waals surface area contributed by atoms with Gasteiger partial charge in [0.15, 0.2) is 12.2 Å². The molecule has 0 heterocycles. The molecule has 0 bridgehead atoms. The van der Waals surface area contributed by atoms with E-state index in [9.17, 15) is 19.8 Å². The Balaban J connectivity index is 3.34. The van der Waals surface area contributed by atoms with Crippen molar-refractivity contribution in [2.75, 3.05) is 13.1 Å². The van der Waals surface area contributed by atoms with Crippen molar-refractivity contribution < 1.29 is 19.8 Å². The maximum absolute atomic E-state index is 10.2. The lowest BCUT2D eigenvalue weighted by molar-refractivity contribution is -0.267. The Morgan fingerprint density at radius 1 is 0.812 bits per heavy atom. The number of nitrogens with zero attached hydrogens (tertiary/aromatic N) is 2. The van der Waals surface area contributed by atoms with Gasteiger partial charge in [0.1, 0.15) is 0 Å². The molecule has 16 heavy (non-hydrogen) atoms. The minimum absolute atomic E-state index is 0.204. The molecule has 0 aliphatic rings. The third kappa shape index (κ3) is 6.85. The van der Waals surface area contributed by atoms with Gasteiger partial charge in [-0.1, -0.05) is 12.8 Å².